The number of urea groups is 1. The van der Waals surface area contributed by atoms with E-state index in [-0.39, 0.29) is 11.6 Å². The number of anilines is 1. The van der Waals surface area contributed by atoms with E-state index in [0.717, 1.165) is 19.3 Å². The molecule has 0 aromatic heterocycles. The highest BCUT2D eigenvalue weighted by Crippen LogP contribution is 2.19. The molecule has 0 saturated heterocycles. The zero-order valence-electron chi connectivity index (χ0n) is 12.1. The number of hydrogen-bond acceptors (Lipinski definition) is 2. The molecule has 1 aliphatic rings. The fourth-order valence-electron chi connectivity index (χ4n) is 2.45. The number of amides is 2. The molecule has 0 bridgehead atoms. The van der Waals surface area contributed by atoms with Crippen LogP contribution in [0.5, 0.6) is 0 Å². The van der Waals surface area contributed by atoms with Crippen molar-refractivity contribution in [2.45, 2.75) is 26.2 Å². The van der Waals surface area contributed by atoms with Crippen LogP contribution in [0.1, 0.15) is 35.2 Å². The second-order valence-corrected chi connectivity index (χ2v) is 5.27. The molecule has 1 atom stereocenters. The van der Waals surface area contributed by atoms with Gasteiger partial charge in [-0.25, -0.2) is 9.59 Å². The van der Waals surface area contributed by atoms with Crippen molar-refractivity contribution in [1.29, 1.82) is 0 Å². The Hall–Kier alpha value is -2.30. The Morgan fingerprint density at radius 1 is 1.33 bits per heavy atom. The maximum atomic E-state index is 11.9. The minimum atomic E-state index is -0.995. The van der Waals surface area contributed by atoms with Gasteiger partial charge < -0.3 is 15.7 Å². The third kappa shape index (κ3) is 4.08. The van der Waals surface area contributed by atoms with E-state index in [1.807, 2.05) is 0 Å². The molecule has 3 N–H and O–H groups in total. The molecular formula is C16H20N2O3. The lowest BCUT2D eigenvalue weighted by atomic mass is 9.94. The van der Waals surface area contributed by atoms with Gasteiger partial charge in [0.25, 0.3) is 0 Å². The largest absolute Gasteiger partial charge is 0.478 e. The van der Waals surface area contributed by atoms with E-state index in [2.05, 4.69) is 22.8 Å². The molecule has 0 radical (unpaired) electrons. The number of carbonyl (C=O) groups excluding carboxylic acids is 1. The third-order valence-electron chi connectivity index (χ3n) is 3.74. The third-order valence-corrected chi connectivity index (χ3v) is 3.74. The van der Waals surface area contributed by atoms with E-state index in [1.54, 1.807) is 19.1 Å². The van der Waals surface area contributed by atoms with Crippen molar-refractivity contribution in [3.63, 3.8) is 0 Å². The summed E-state index contributed by atoms with van der Waals surface area (Å²) in [4.78, 5) is 23.0. The summed E-state index contributed by atoms with van der Waals surface area (Å²) in [5, 5.41) is 14.6. The van der Waals surface area contributed by atoms with Gasteiger partial charge in [0.2, 0.25) is 0 Å². The van der Waals surface area contributed by atoms with Crippen LogP contribution in [0.15, 0.2) is 30.4 Å². The summed E-state index contributed by atoms with van der Waals surface area (Å²) in [6, 6.07) is 4.55. The Labute approximate surface area is 124 Å². The summed E-state index contributed by atoms with van der Waals surface area (Å²) in [6.45, 7) is 2.32. The van der Waals surface area contributed by atoms with E-state index in [0.29, 0.717) is 23.7 Å². The van der Waals surface area contributed by atoms with Crippen molar-refractivity contribution in [1.82, 2.24) is 5.32 Å². The molecule has 21 heavy (non-hydrogen) atoms. The zero-order valence-corrected chi connectivity index (χ0v) is 12.1. The average molecular weight is 288 g/mol. The normalized spacial score (nSPS) is 17.3. The summed E-state index contributed by atoms with van der Waals surface area (Å²) in [6.07, 6.45) is 7.46. The van der Waals surface area contributed by atoms with Crippen LogP contribution in [-0.2, 0) is 0 Å². The Bertz CT molecular complexity index is 567. The van der Waals surface area contributed by atoms with Crippen molar-refractivity contribution in [3.8, 4) is 0 Å². The standard InChI is InChI=1S/C16H20N2O3/c1-11-13(15(19)20)8-5-9-14(11)18-16(21)17-10-12-6-3-2-4-7-12/h2-3,5,8-9,12H,4,6-7,10H2,1H3,(H,19,20)(H2,17,18,21). The molecule has 1 aromatic carbocycles. The number of carbonyl (C=O) groups is 2. The molecule has 0 heterocycles. The number of carboxylic acids is 1. The van der Waals surface area contributed by atoms with E-state index < -0.39 is 5.97 Å². The van der Waals surface area contributed by atoms with Crippen LogP contribution < -0.4 is 10.6 Å². The predicted molar refractivity (Wildman–Crippen MR) is 81.6 cm³/mol. The Morgan fingerprint density at radius 3 is 2.81 bits per heavy atom. The number of aromatic carboxylic acids is 1. The highest BCUT2D eigenvalue weighted by molar-refractivity contribution is 5.95. The first-order valence-electron chi connectivity index (χ1n) is 7.10. The van der Waals surface area contributed by atoms with Gasteiger partial charge in [-0.3, -0.25) is 0 Å². The molecule has 1 unspecified atom stereocenters. The fraction of sp³-hybridized carbons (Fsp3) is 0.375. The lowest BCUT2D eigenvalue weighted by Gasteiger charge is -2.18. The van der Waals surface area contributed by atoms with Crippen LogP contribution >= 0.6 is 0 Å². The van der Waals surface area contributed by atoms with Gasteiger partial charge in [-0.1, -0.05) is 18.2 Å². The summed E-state index contributed by atoms with van der Waals surface area (Å²) in [7, 11) is 0. The molecule has 5 heteroatoms. The van der Waals surface area contributed by atoms with Crippen molar-refractivity contribution < 1.29 is 14.7 Å². The van der Waals surface area contributed by atoms with Gasteiger partial charge in [0.05, 0.1) is 5.56 Å². The number of benzene rings is 1. The molecule has 0 spiro atoms. The highest BCUT2D eigenvalue weighted by Gasteiger charge is 2.14. The summed E-state index contributed by atoms with van der Waals surface area (Å²) in [5.41, 5.74) is 1.28. The van der Waals surface area contributed by atoms with Gasteiger partial charge in [0.15, 0.2) is 0 Å². The van der Waals surface area contributed by atoms with Crippen molar-refractivity contribution in [3.05, 3.63) is 41.5 Å². The van der Waals surface area contributed by atoms with Crippen molar-refractivity contribution in [2.75, 3.05) is 11.9 Å². The molecule has 112 valence electrons. The quantitative estimate of drug-likeness (QED) is 0.745. The van der Waals surface area contributed by atoms with Crippen LogP contribution in [0.2, 0.25) is 0 Å². The fourth-order valence-corrected chi connectivity index (χ4v) is 2.45. The maximum absolute atomic E-state index is 11.9. The molecule has 0 saturated carbocycles. The number of nitrogens with one attached hydrogen (secondary N) is 2. The highest BCUT2D eigenvalue weighted by atomic mass is 16.4. The second-order valence-electron chi connectivity index (χ2n) is 5.27. The first-order chi connectivity index (χ1) is 10.1. The minimum Gasteiger partial charge on any atom is -0.478 e. The van der Waals surface area contributed by atoms with Gasteiger partial charge in [-0.2, -0.15) is 0 Å². The molecule has 2 rings (SSSR count). The van der Waals surface area contributed by atoms with Crippen LogP contribution in [0, 0.1) is 12.8 Å². The predicted octanol–water partition coefficient (Wildman–Crippen LogP) is 3.17. The Balaban J connectivity index is 1.92. The molecule has 0 fully saturated rings. The number of rotatable bonds is 4. The Morgan fingerprint density at radius 2 is 2.14 bits per heavy atom. The molecule has 1 aromatic rings. The summed E-state index contributed by atoms with van der Waals surface area (Å²) >= 11 is 0. The van der Waals surface area contributed by atoms with Gasteiger partial charge in [-0.15, -0.1) is 0 Å². The lowest BCUT2D eigenvalue weighted by molar-refractivity contribution is 0.0696. The minimum absolute atomic E-state index is 0.199. The smallest absolute Gasteiger partial charge is 0.336 e. The maximum Gasteiger partial charge on any atom is 0.336 e. The summed E-state index contributed by atoms with van der Waals surface area (Å²) < 4.78 is 0. The average Bonchev–Trinajstić information content (AvgIpc) is 2.48. The zero-order chi connectivity index (χ0) is 15.2. The van der Waals surface area contributed by atoms with Crippen LogP contribution in [0.4, 0.5) is 10.5 Å². The molecule has 5 nitrogen and oxygen atoms in total. The second kappa shape index (κ2) is 6.92. The topological polar surface area (TPSA) is 78.4 Å². The number of allylic oxidation sites excluding steroid dienone is 2. The van der Waals surface area contributed by atoms with E-state index in [9.17, 15) is 9.59 Å². The van der Waals surface area contributed by atoms with Gasteiger partial charge in [0.1, 0.15) is 0 Å². The number of carboxylic acid groups (broad SMARTS) is 1. The van der Waals surface area contributed by atoms with Gasteiger partial charge in [0, 0.05) is 12.2 Å². The molecule has 0 aliphatic heterocycles. The summed E-state index contributed by atoms with van der Waals surface area (Å²) in [5.74, 6) is -0.516. The molecule has 2 amide bonds. The van der Waals surface area contributed by atoms with Crippen LogP contribution in [-0.4, -0.2) is 23.7 Å². The SMILES string of the molecule is Cc1c(NC(=O)NCC2CC=CCC2)cccc1C(=O)O. The van der Waals surface area contributed by atoms with Crippen LogP contribution in [0.25, 0.3) is 0 Å². The van der Waals surface area contributed by atoms with Crippen molar-refractivity contribution in [2.24, 2.45) is 5.92 Å². The molecular weight excluding hydrogens is 268 g/mol. The van der Waals surface area contributed by atoms with E-state index in [4.69, 9.17) is 5.11 Å². The Kier molecular flexibility index (Phi) is 4.98. The van der Waals surface area contributed by atoms with E-state index in [1.165, 1.54) is 6.07 Å². The number of hydrogen-bond donors (Lipinski definition) is 3. The van der Waals surface area contributed by atoms with E-state index >= 15 is 0 Å². The van der Waals surface area contributed by atoms with Gasteiger partial charge >= 0.3 is 12.0 Å². The molecule has 1 aliphatic carbocycles. The first kappa shape index (κ1) is 15.1. The van der Waals surface area contributed by atoms with Gasteiger partial charge in [-0.05, 0) is 49.8 Å². The van der Waals surface area contributed by atoms with Crippen molar-refractivity contribution >= 4 is 17.7 Å². The van der Waals surface area contributed by atoms with Crippen LogP contribution in [0.3, 0.4) is 0 Å². The monoisotopic (exact) mass is 288 g/mol. The lowest BCUT2D eigenvalue weighted by Crippen LogP contribution is -2.33. The first-order valence-corrected chi connectivity index (χ1v) is 7.10.